The number of ether oxygens (including phenoxy) is 1. The number of nitrogens with zero attached hydrogens (tertiary/aromatic N) is 1. The molecule has 0 spiro atoms. The van der Waals surface area contributed by atoms with E-state index in [9.17, 15) is 14.9 Å². The van der Waals surface area contributed by atoms with Crippen LogP contribution in [0.15, 0.2) is 12.2 Å². The molecule has 1 atom stereocenters. The summed E-state index contributed by atoms with van der Waals surface area (Å²) in [5.41, 5.74) is 0. The lowest BCUT2D eigenvalue weighted by atomic mass is 10.1. The van der Waals surface area contributed by atoms with Gasteiger partial charge in [-0.3, -0.25) is 10.1 Å². The van der Waals surface area contributed by atoms with E-state index >= 15 is 0 Å². The molecule has 0 aliphatic carbocycles. The second kappa shape index (κ2) is 8.88. The van der Waals surface area contributed by atoms with Gasteiger partial charge in [-0.15, -0.1) is 0 Å². The molecule has 0 fully saturated rings. The number of rotatable bonds is 8. The first kappa shape index (κ1) is 14.6. The molecular formula is C11H19NO4. The van der Waals surface area contributed by atoms with Crippen LogP contribution >= 0.6 is 0 Å². The molecule has 0 aromatic rings. The largest absolute Gasteiger partial charge is 0.461 e. The summed E-state index contributed by atoms with van der Waals surface area (Å²) in [5.74, 6) is -0.730. The Balaban J connectivity index is 4.00. The van der Waals surface area contributed by atoms with Gasteiger partial charge < -0.3 is 4.74 Å². The maximum Gasteiger partial charge on any atom is 0.381 e. The Kier molecular flexibility index (Phi) is 8.11. The van der Waals surface area contributed by atoms with Crippen molar-refractivity contribution >= 4 is 5.97 Å². The van der Waals surface area contributed by atoms with E-state index in [4.69, 9.17) is 0 Å². The molecule has 1 unspecified atom stereocenters. The molecule has 0 amide bonds. The highest BCUT2D eigenvalue weighted by Crippen LogP contribution is 2.07. The minimum Gasteiger partial charge on any atom is -0.461 e. The van der Waals surface area contributed by atoms with Crippen LogP contribution in [0.5, 0.6) is 0 Å². The first-order valence-electron chi connectivity index (χ1n) is 5.58. The fourth-order valence-electron chi connectivity index (χ4n) is 1.26. The molecule has 5 heteroatoms. The molecular weight excluding hydrogens is 210 g/mol. The van der Waals surface area contributed by atoms with E-state index in [-0.39, 0.29) is 13.0 Å². The van der Waals surface area contributed by atoms with Gasteiger partial charge in [-0.25, -0.2) is 4.79 Å². The fourth-order valence-corrected chi connectivity index (χ4v) is 1.26. The summed E-state index contributed by atoms with van der Waals surface area (Å²) in [4.78, 5) is 21.3. The molecule has 92 valence electrons. The van der Waals surface area contributed by atoms with Gasteiger partial charge in [0.1, 0.15) is 0 Å². The van der Waals surface area contributed by atoms with Gasteiger partial charge in [-0.1, -0.05) is 19.1 Å². The molecule has 0 aromatic carbocycles. The molecule has 0 bridgehead atoms. The summed E-state index contributed by atoms with van der Waals surface area (Å²) in [6.07, 6.45) is 6.56. The standard InChI is InChI=1S/C11H19NO4/c1-3-5-6-7-8-9-10(12(14)15)11(13)16-4-2/h5-6,10H,3-4,7-9H2,1-2H3/b6-5-. The third-order valence-corrected chi connectivity index (χ3v) is 2.06. The van der Waals surface area contributed by atoms with E-state index in [1.54, 1.807) is 6.92 Å². The predicted molar refractivity (Wildman–Crippen MR) is 60.7 cm³/mol. The topological polar surface area (TPSA) is 69.4 Å². The van der Waals surface area contributed by atoms with Crippen molar-refractivity contribution < 1.29 is 14.5 Å². The van der Waals surface area contributed by atoms with E-state index < -0.39 is 16.9 Å². The number of nitro groups is 1. The Hall–Kier alpha value is -1.39. The molecule has 0 aliphatic rings. The summed E-state index contributed by atoms with van der Waals surface area (Å²) in [6, 6.07) is -1.21. The Morgan fingerprint density at radius 1 is 1.44 bits per heavy atom. The minimum atomic E-state index is -1.21. The second-order valence-corrected chi connectivity index (χ2v) is 3.36. The van der Waals surface area contributed by atoms with E-state index in [0.717, 1.165) is 12.8 Å². The maximum absolute atomic E-state index is 11.2. The van der Waals surface area contributed by atoms with Crippen molar-refractivity contribution in [3.05, 3.63) is 22.3 Å². The summed E-state index contributed by atoms with van der Waals surface area (Å²) in [5, 5.41) is 10.6. The smallest absolute Gasteiger partial charge is 0.381 e. The quantitative estimate of drug-likeness (QED) is 0.210. The molecule has 0 heterocycles. The van der Waals surface area contributed by atoms with Crippen LogP contribution in [0.2, 0.25) is 0 Å². The van der Waals surface area contributed by atoms with E-state index in [1.165, 1.54) is 0 Å². The van der Waals surface area contributed by atoms with Crippen molar-refractivity contribution in [1.82, 2.24) is 0 Å². The zero-order valence-corrected chi connectivity index (χ0v) is 9.85. The Morgan fingerprint density at radius 3 is 2.62 bits per heavy atom. The number of carbonyl (C=O) groups excluding carboxylic acids is 1. The van der Waals surface area contributed by atoms with Gasteiger partial charge in [0, 0.05) is 11.3 Å². The zero-order chi connectivity index (χ0) is 12.4. The number of carbonyl (C=O) groups is 1. The van der Waals surface area contributed by atoms with Gasteiger partial charge in [-0.2, -0.15) is 0 Å². The molecule has 0 saturated carbocycles. The first-order chi connectivity index (χ1) is 7.63. The third kappa shape index (κ3) is 6.16. The van der Waals surface area contributed by atoms with Crippen molar-refractivity contribution in [2.24, 2.45) is 0 Å². The van der Waals surface area contributed by atoms with Crippen LogP contribution in [0.4, 0.5) is 0 Å². The van der Waals surface area contributed by atoms with E-state index in [2.05, 4.69) is 4.74 Å². The minimum absolute atomic E-state index is 0.179. The Labute approximate surface area is 95.6 Å². The fraction of sp³-hybridized carbons (Fsp3) is 0.727. The highest BCUT2D eigenvalue weighted by atomic mass is 16.6. The summed E-state index contributed by atoms with van der Waals surface area (Å²) in [6.45, 7) is 3.84. The van der Waals surface area contributed by atoms with Crippen molar-refractivity contribution in [2.75, 3.05) is 6.61 Å². The molecule has 0 radical (unpaired) electrons. The van der Waals surface area contributed by atoms with E-state index in [0.29, 0.717) is 6.42 Å². The number of esters is 1. The molecule has 5 nitrogen and oxygen atoms in total. The normalized spacial score (nSPS) is 12.6. The Bertz CT molecular complexity index is 250. The van der Waals surface area contributed by atoms with Crippen LogP contribution in [-0.2, 0) is 9.53 Å². The summed E-state index contributed by atoms with van der Waals surface area (Å²) >= 11 is 0. The van der Waals surface area contributed by atoms with Crippen molar-refractivity contribution in [1.29, 1.82) is 0 Å². The van der Waals surface area contributed by atoms with Gasteiger partial charge in [-0.05, 0) is 26.2 Å². The molecule has 0 rings (SSSR count). The van der Waals surface area contributed by atoms with Crippen LogP contribution in [0.3, 0.4) is 0 Å². The number of hydrogen-bond donors (Lipinski definition) is 0. The van der Waals surface area contributed by atoms with Crippen molar-refractivity contribution in [3.8, 4) is 0 Å². The van der Waals surface area contributed by atoms with Crippen LogP contribution in [0, 0.1) is 10.1 Å². The molecule has 0 N–H and O–H groups in total. The third-order valence-electron chi connectivity index (χ3n) is 2.06. The highest BCUT2D eigenvalue weighted by molar-refractivity contribution is 5.74. The van der Waals surface area contributed by atoms with Gasteiger partial charge in [0.15, 0.2) is 0 Å². The lowest BCUT2D eigenvalue weighted by Crippen LogP contribution is -2.31. The SMILES string of the molecule is CC/C=C\CCCC(C(=O)OCC)[N+](=O)[O-]. The Morgan fingerprint density at radius 2 is 2.12 bits per heavy atom. The number of unbranched alkanes of at least 4 members (excludes halogenated alkanes) is 1. The number of hydrogen-bond acceptors (Lipinski definition) is 4. The summed E-state index contributed by atoms with van der Waals surface area (Å²) < 4.78 is 4.64. The highest BCUT2D eigenvalue weighted by Gasteiger charge is 2.30. The van der Waals surface area contributed by atoms with Crippen molar-refractivity contribution in [3.63, 3.8) is 0 Å². The first-order valence-corrected chi connectivity index (χ1v) is 5.58. The van der Waals surface area contributed by atoms with Gasteiger partial charge in [0.25, 0.3) is 0 Å². The van der Waals surface area contributed by atoms with Gasteiger partial charge in [0.2, 0.25) is 0 Å². The lowest BCUT2D eigenvalue weighted by molar-refractivity contribution is -0.511. The average Bonchev–Trinajstić information content (AvgIpc) is 2.23. The summed E-state index contributed by atoms with van der Waals surface area (Å²) in [7, 11) is 0. The second-order valence-electron chi connectivity index (χ2n) is 3.36. The maximum atomic E-state index is 11.2. The monoisotopic (exact) mass is 229 g/mol. The van der Waals surface area contributed by atoms with Crippen molar-refractivity contribution in [2.45, 2.75) is 45.6 Å². The zero-order valence-electron chi connectivity index (χ0n) is 9.85. The van der Waals surface area contributed by atoms with Gasteiger partial charge >= 0.3 is 12.0 Å². The van der Waals surface area contributed by atoms with Crippen LogP contribution < -0.4 is 0 Å². The van der Waals surface area contributed by atoms with E-state index in [1.807, 2.05) is 19.1 Å². The van der Waals surface area contributed by atoms with Crippen LogP contribution in [0.1, 0.15) is 39.5 Å². The molecule has 0 aliphatic heterocycles. The van der Waals surface area contributed by atoms with Crippen LogP contribution in [0.25, 0.3) is 0 Å². The van der Waals surface area contributed by atoms with Crippen LogP contribution in [-0.4, -0.2) is 23.5 Å². The number of allylic oxidation sites excluding steroid dienone is 2. The molecule has 0 saturated heterocycles. The molecule has 16 heavy (non-hydrogen) atoms. The van der Waals surface area contributed by atoms with Gasteiger partial charge in [0.05, 0.1) is 6.61 Å². The lowest BCUT2D eigenvalue weighted by Gasteiger charge is -2.07. The predicted octanol–water partition coefficient (Wildman–Crippen LogP) is 2.33. The average molecular weight is 229 g/mol. The molecule has 0 aromatic heterocycles.